The summed E-state index contributed by atoms with van der Waals surface area (Å²) in [4.78, 5) is 11.7. The van der Waals surface area contributed by atoms with Gasteiger partial charge < -0.3 is 4.74 Å². The average molecular weight is 213 g/mol. The first-order chi connectivity index (χ1) is 6.65. The minimum absolute atomic E-state index is 0.0330. The number of ketones is 1. The summed E-state index contributed by atoms with van der Waals surface area (Å²) in [7, 11) is 0. The number of hydrogen-bond acceptors (Lipinski definition) is 2. The van der Waals surface area contributed by atoms with Crippen LogP contribution >= 0.6 is 11.6 Å². The molecule has 1 aromatic rings. The molecule has 0 bridgehead atoms. The smallest absolute Gasteiger partial charge is 0.191 e. The topological polar surface area (TPSA) is 26.3 Å². The molecule has 1 rings (SSSR count). The maximum atomic E-state index is 11.7. The summed E-state index contributed by atoms with van der Waals surface area (Å²) in [5.41, 5.74) is 0.596. The van der Waals surface area contributed by atoms with Crippen molar-refractivity contribution in [1.82, 2.24) is 0 Å². The predicted molar refractivity (Wildman–Crippen MR) is 56.9 cm³/mol. The third-order valence-corrected chi connectivity index (χ3v) is 2.13. The van der Waals surface area contributed by atoms with Gasteiger partial charge in [0.05, 0.1) is 0 Å². The Morgan fingerprint density at radius 2 is 2.29 bits per heavy atom. The van der Waals surface area contributed by atoms with E-state index in [0.717, 1.165) is 0 Å². The molecule has 0 fully saturated rings. The van der Waals surface area contributed by atoms with Crippen LogP contribution < -0.4 is 0 Å². The first kappa shape index (κ1) is 11.2. The van der Waals surface area contributed by atoms with Crippen molar-refractivity contribution >= 4 is 17.4 Å². The SMILES string of the molecule is CCOC(C)C(=O)c1cccc(Cl)c1. The zero-order valence-corrected chi connectivity index (χ0v) is 9.04. The Bertz CT molecular complexity index is 323. The molecular formula is C11H13ClO2. The number of carbonyl (C=O) groups is 1. The van der Waals surface area contributed by atoms with Gasteiger partial charge in [-0.15, -0.1) is 0 Å². The standard InChI is InChI=1S/C11H13ClO2/c1-3-14-8(2)11(13)9-5-4-6-10(12)7-9/h4-8H,3H2,1-2H3. The second kappa shape index (κ2) is 5.13. The van der Waals surface area contributed by atoms with Gasteiger partial charge in [0.15, 0.2) is 5.78 Å². The fraction of sp³-hybridized carbons (Fsp3) is 0.364. The van der Waals surface area contributed by atoms with Crippen molar-refractivity contribution in [2.75, 3.05) is 6.61 Å². The third-order valence-electron chi connectivity index (χ3n) is 1.90. The molecule has 0 aliphatic carbocycles. The highest BCUT2D eigenvalue weighted by Gasteiger charge is 2.14. The van der Waals surface area contributed by atoms with Gasteiger partial charge in [-0.05, 0) is 26.0 Å². The van der Waals surface area contributed by atoms with E-state index in [1.54, 1.807) is 31.2 Å². The molecule has 0 aromatic heterocycles. The van der Waals surface area contributed by atoms with E-state index >= 15 is 0 Å². The summed E-state index contributed by atoms with van der Waals surface area (Å²) in [6.45, 7) is 4.14. The van der Waals surface area contributed by atoms with Gasteiger partial charge in [-0.1, -0.05) is 23.7 Å². The van der Waals surface area contributed by atoms with Crippen LogP contribution in [0.1, 0.15) is 24.2 Å². The summed E-state index contributed by atoms with van der Waals surface area (Å²) >= 11 is 5.78. The van der Waals surface area contributed by atoms with Gasteiger partial charge in [-0.25, -0.2) is 0 Å². The molecular weight excluding hydrogens is 200 g/mol. The van der Waals surface area contributed by atoms with Crippen molar-refractivity contribution in [3.05, 3.63) is 34.9 Å². The monoisotopic (exact) mass is 212 g/mol. The largest absolute Gasteiger partial charge is 0.371 e. The number of hydrogen-bond donors (Lipinski definition) is 0. The second-order valence-corrected chi connectivity index (χ2v) is 3.41. The fourth-order valence-corrected chi connectivity index (χ4v) is 1.39. The Morgan fingerprint density at radius 1 is 1.57 bits per heavy atom. The molecule has 76 valence electrons. The molecule has 0 aliphatic rings. The first-order valence-corrected chi connectivity index (χ1v) is 4.94. The Hall–Kier alpha value is -0.860. The summed E-state index contributed by atoms with van der Waals surface area (Å²) in [5, 5.41) is 0.569. The summed E-state index contributed by atoms with van der Waals surface area (Å²) in [5.74, 6) is -0.0330. The molecule has 1 unspecified atom stereocenters. The van der Waals surface area contributed by atoms with Gasteiger partial charge in [0.25, 0.3) is 0 Å². The molecule has 0 spiro atoms. The van der Waals surface area contributed by atoms with E-state index in [-0.39, 0.29) is 5.78 Å². The van der Waals surface area contributed by atoms with Crippen molar-refractivity contribution in [3.63, 3.8) is 0 Å². The van der Waals surface area contributed by atoms with Crippen LogP contribution in [-0.2, 0) is 4.74 Å². The van der Waals surface area contributed by atoms with Crippen LogP contribution in [0.5, 0.6) is 0 Å². The quantitative estimate of drug-likeness (QED) is 0.718. The molecule has 14 heavy (non-hydrogen) atoms. The molecule has 3 heteroatoms. The van der Waals surface area contributed by atoms with Crippen molar-refractivity contribution < 1.29 is 9.53 Å². The number of rotatable bonds is 4. The second-order valence-electron chi connectivity index (χ2n) is 2.97. The lowest BCUT2D eigenvalue weighted by atomic mass is 10.1. The molecule has 1 atom stereocenters. The summed E-state index contributed by atoms with van der Waals surface area (Å²) < 4.78 is 5.21. The summed E-state index contributed by atoms with van der Waals surface area (Å²) in [6, 6.07) is 6.89. The van der Waals surface area contributed by atoms with Crippen LogP contribution in [-0.4, -0.2) is 18.5 Å². The van der Waals surface area contributed by atoms with Gasteiger partial charge in [0.1, 0.15) is 6.10 Å². The first-order valence-electron chi connectivity index (χ1n) is 4.56. The number of halogens is 1. The van der Waals surface area contributed by atoms with E-state index in [2.05, 4.69) is 0 Å². The predicted octanol–water partition coefficient (Wildman–Crippen LogP) is 2.95. The van der Waals surface area contributed by atoms with Crippen molar-refractivity contribution in [1.29, 1.82) is 0 Å². The van der Waals surface area contributed by atoms with E-state index in [1.165, 1.54) is 0 Å². The molecule has 0 aliphatic heterocycles. The average Bonchev–Trinajstić information content (AvgIpc) is 2.17. The van der Waals surface area contributed by atoms with Gasteiger partial charge in [-0.3, -0.25) is 4.79 Å². The Morgan fingerprint density at radius 3 is 2.86 bits per heavy atom. The van der Waals surface area contributed by atoms with Crippen molar-refractivity contribution in [2.45, 2.75) is 20.0 Å². The maximum Gasteiger partial charge on any atom is 0.191 e. The van der Waals surface area contributed by atoms with Gasteiger partial charge in [0.2, 0.25) is 0 Å². The molecule has 0 N–H and O–H groups in total. The third kappa shape index (κ3) is 2.82. The van der Waals surface area contributed by atoms with Gasteiger partial charge in [-0.2, -0.15) is 0 Å². The van der Waals surface area contributed by atoms with Crippen molar-refractivity contribution in [2.24, 2.45) is 0 Å². The molecule has 0 saturated heterocycles. The zero-order chi connectivity index (χ0) is 10.6. The highest BCUT2D eigenvalue weighted by atomic mass is 35.5. The molecule has 1 aromatic carbocycles. The van der Waals surface area contributed by atoms with Crippen LogP contribution in [0.15, 0.2) is 24.3 Å². The van der Waals surface area contributed by atoms with Crippen molar-refractivity contribution in [3.8, 4) is 0 Å². The molecule has 2 nitrogen and oxygen atoms in total. The molecule has 0 heterocycles. The van der Waals surface area contributed by atoms with E-state index in [9.17, 15) is 4.79 Å². The van der Waals surface area contributed by atoms with Crippen LogP contribution in [0.4, 0.5) is 0 Å². The Balaban J connectivity index is 2.78. The number of ether oxygens (including phenoxy) is 1. The Labute approximate surface area is 88.8 Å². The fourth-order valence-electron chi connectivity index (χ4n) is 1.20. The minimum atomic E-state index is -0.404. The van der Waals surface area contributed by atoms with E-state index in [1.807, 2.05) is 6.92 Å². The van der Waals surface area contributed by atoms with Crippen LogP contribution in [0.3, 0.4) is 0 Å². The minimum Gasteiger partial charge on any atom is -0.371 e. The number of Topliss-reactive ketones (excluding diaryl/α,β-unsaturated/α-hetero) is 1. The molecule has 0 saturated carbocycles. The van der Waals surface area contributed by atoms with E-state index in [0.29, 0.717) is 17.2 Å². The van der Waals surface area contributed by atoms with Crippen LogP contribution in [0, 0.1) is 0 Å². The van der Waals surface area contributed by atoms with Gasteiger partial charge in [0, 0.05) is 17.2 Å². The summed E-state index contributed by atoms with van der Waals surface area (Å²) in [6.07, 6.45) is -0.404. The van der Waals surface area contributed by atoms with E-state index < -0.39 is 6.10 Å². The normalized spacial score (nSPS) is 12.5. The Kier molecular flexibility index (Phi) is 4.11. The highest BCUT2D eigenvalue weighted by molar-refractivity contribution is 6.31. The lowest BCUT2D eigenvalue weighted by Crippen LogP contribution is -2.20. The number of benzene rings is 1. The molecule has 0 amide bonds. The van der Waals surface area contributed by atoms with Crippen LogP contribution in [0.25, 0.3) is 0 Å². The maximum absolute atomic E-state index is 11.7. The molecule has 0 radical (unpaired) electrons. The number of carbonyl (C=O) groups excluding carboxylic acids is 1. The van der Waals surface area contributed by atoms with E-state index in [4.69, 9.17) is 16.3 Å². The van der Waals surface area contributed by atoms with Crippen LogP contribution in [0.2, 0.25) is 5.02 Å². The highest BCUT2D eigenvalue weighted by Crippen LogP contribution is 2.13. The zero-order valence-electron chi connectivity index (χ0n) is 8.29. The lowest BCUT2D eigenvalue weighted by molar-refractivity contribution is 0.0520. The van der Waals surface area contributed by atoms with Gasteiger partial charge >= 0.3 is 0 Å². The lowest BCUT2D eigenvalue weighted by Gasteiger charge is -2.10.